The van der Waals surface area contributed by atoms with Crippen LogP contribution in [-0.4, -0.2) is 69.0 Å². The van der Waals surface area contributed by atoms with Gasteiger partial charge in [0.25, 0.3) is 0 Å². The molecule has 0 bridgehead atoms. The summed E-state index contributed by atoms with van der Waals surface area (Å²) in [5.74, 6) is -5.33. The molecule has 0 radical (unpaired) electrons. The average Bonchev–Trinajstić information content (AvgIpc) is 3.05. The summed E-state index contributed by atoms with van der Waals surface area (Å²) < 4.78 is 11.1. The molecular formula is C42H71N5O8. The van der Waals surface area contributed by atoms with E-state index in [9.17, 15) is 28.8 Å². The lowest BCUT2D eigenvalue weighted by atomic mass is 9.79. The van der Waals surface area contributed by atoms with Gasteiger partial charge in [-0.3, -0.25) is 19.2 Å². The summed E-state index contributed by atoms with van der Waals surface area (Å²) >= 11 is 0. The molecule has 55 heavy (non-hydrogen) atoms. The fourth-order valence-corrected chi connectivity index (χ4v) is 5.10. The summed E-state index contributed by atoms with van der Waals surface area (Å²) in [6.45, 7) is 30.8. The quantitative estimate of drug-likeness (QED) is 0.123. The second-order valence-corrected chi connectivity index (χ2v) is 18.3. The van der Waals surface area contributed by atoms with Crippen LogP contribution in [0.15, 0.2) is 30.3 Å². The van der Waals surface area contributed by atoms with Gasteiger partial charge in [-0.1, -0.05) is 99.6 Å². The van der Waals surface area contributed by atoms with Crippen molar-refractivity contribution in [2.45, 2.75) is 165 Å². The SMILES string of the molecule is CC(C)[C@](C)(NC(=O)OCc1ccccc1)C(=O)N[C@](C)(C(=O)N[C@](C)(C(=O)N[C@](C)(C(=O)N[C@](C)(C(=O)OC(C)(C)C)C(C)C)C(C)C)C(C)C)C(C)C. The van der Waals surface area contributed by atoms with E-state index in [1.807, 2.05) is 30.3 Å². The Hall–Kier alpha value is -4.16. The Balaban J connectivity index is 3.43. The third-order valence-electron chi connectivity index (χ3n) is 11.6. The lowest BCUT2D eigenvalue weighted by Crippen LogP contribution is -2.73. The molecule has 1 rings (SSSR count). The molecule has 13 heteroatoms. The highest BCUT2D eigenvalue weighted by molar-refractivity contribution is 6.01. The first-order valence-corrected chi connectivity index (χ1v) is 19.4. The molecule has 0 aliphatic rings. The van der Waals surface area contributed by atoms with Crippen molar-refractivity contribution in [3.8, 4) is 0 Å². The van der Waals surface area contributed by atoms with E-state index >= 15 is 0 Å². The van der Waals surface area contributed by atoms with Gasteiger partial charge in [-0.15, -0.1) is 0 Å². The van der Waals surface area contributed by atoms with Gasteiger partial charge in [-0.05, 0) is 90.5 Å². The van der Waals surface area contributed by atoms with Crippen molar-refractivity contribution in [1.82, 2.24) is 26.6 Å². The number of hydrogen-bond donors (Lipinski definition) is 5. The number of carbonyl (C=O) groups is 6. The van der Waals surface area contributed by atoms with Crippen molar-refractivity contribution < 1.29 is 38.2 Å². The molecule has 312 valence electrons. The van der Waals surface area contributed by atoms with Crippen molar-refractivity contribution in [3.05, 3.63) is 35.9 Å². The Labute approximate surface area is 330 Å². The summed E-state index contributed by atoms with van der Waals surface area (Å²) in [4.78, 5) is 83.3. The largest absolute Gasteiger partial charge is 0.458 e. The van der Waals surface area contributed by atoms with Crippen LogP contribution in [0.3, 0.4) is 0 Å². The summed E-state index contributed by atoms with van der Waals surface area (Å²) in [5, 5.41) is 14.3. The average molecular weight is 774 g/mol. The molecule has 0 saturated heterocycles. The highest BCUT2D eigenvalue weighted by atomic mass is 16.6. The molecule has 0 spiro atoms. The molecule has 1 aromatic rings. The van der Waals surface area contributed by atoms with Gasteiger partial charge in [-0.25, -0.2) is 9.59 Å². The molecule has 5 N–H and O–H groups in total. The Bertz CT molecular complexity index is 1540. The van der Waals surface area contributed by atoms with E-state index in [0.717, 1.165) is 5.56 Å². The Kier molecular flexibility index (Phi) is 16.2. The number of ether oxygens (including phenoxy) is 2. The number of alkyl carbamates (subject to hydrolysis) is 1. The molecule has 0 saturated carbocycles. The highest BCUT2D eigenvalue weighted by Crippen LogP contribution is 2.29. The van der Waals surface area contributed by atoms with Crippen molar-refractivity contribution in [1.29, 1.82) is 0 Å². The monoisotopic (exact) mass is 774 g/mol. The van der Waals surface area contributed by atoms with Crippen LogP contribution in [0.4, 0.5) is 4.79 Å². The van der Waals surface area contributed by atoms with E-state index in [1.54, 1.807) is 125 Å². The number of nitrogens with one attached hydrogen (secondary N) is 5. The van der Waals surface area contributed by atoms with Gasteiger partial charge in [0.15, 0.2) is 0 Å². The minimum atomic E-state index is -1.58. The van der Waals surface area contributed by atoms with E-state index in [4.69, 9.17) is 9.47 Å². The zero-order chi connectivity index (χ0) is 43.1. The molecule has 0 aliphatic carbocycles. The first-order valence-electron chi connectivity index (χ1n) is 19.4. The second kappa shape index (κ2) is 18.2. The fourth-order valence-electron chi connectivity index (χ4n) is 5.10. The topological polar surface area (TPSA) is 181 Å². The normalized spacial score (nSPS) is 17.5. The van der Waals surface area contributed by atoms with Crippen molar-refractivity contribution >= 4 is 35.7 Å². The van der Waals surface area contributed by atoms with Gasteiger partial charge >= 0.3 is 12.1 Å². The number of carbonyl (C=O) groups excluding carboxylic acids is 6. The van der Waals surface area contributed by atoms with Gasteiger partial charge in [0.2, 0.25) is 23.6 Å². The fraction of sp³-hybridized carbons (Fsp3) is 0.714. The van der Waals surface area contributed by atoms with Crippen LogP contribution >= 0.6 is 0 Å². The number of amides is 5. The van der Waals surface area contributed by atoms with E-state index in [0.29, 0.717) is 0 Å². The van der Waals surface area contributed by atoms with Crippen LogP contribution in [0.25, 0.3) is 0 Å². The van der Waals surface area contributed by atoms with Gasteiger partial charge in [0, 0.05) is 0 Å². The lowest BCUT2D eigenvalue weighted by molar-refractivity contribution is -0.167. The maximum absolute atomic E-state index is 14.4. The van der Waals surface area contributed by atoms with Crippen LogP contribution in [0.5, 0.6) is 0 Å². The van der Waals surface area contributed by atoms with Crippen LogP contribution in [-0.2, 0) is 40.1 Å². The Morgan fingerprint density at radius 3 is 1.05 bits per heavy atom. The first-order chi connectivity index (χ1) is 24.8. The first kappa shape index (κ1) is 48.9. The molecule has 1 aromatic carbocycles. The van der Waals surface area contributed by atoms with E-state index < -0.39 is 92.7 Å². The third kappa shape index (κ3) is 11.7. The van der Waals surface area contributed by atoms with Gasteiger partial charge in [-0.2, -0.15) is 0 Å². The molecule has 0 fully saturated rings. The number of esters is 1. The van der Waals surface area contributed by atoms with Gasteiger partial charge in [0.1, 0.15) is 39.9 Å². The van der Waals surface area contributed by atoms with Crippen molar-refractivity contribution in [2.75, 3.05) is 0 Å². The number of hydrogen-bond acceptors (Lipinski definition) is 8. The van der Waals surface area contributed by atoms with E-state index in [1.165, 1.54) is 0 Å². The van der Waals surface area contributed by atoms with Crippen LogP contribution in [0.2, 0.25) is 0 Å². The van der Waals surface area contributed by atoms with Crippen LogP contribution in [0.1, 0.15) is 130 Å². The zero-order valence-electron chi connectivity index (χ0n) is 36.7. The Morgan fingerprint density at radius 1 is 0.473 bits per heavy atom. The maximum Gasteiger partial charge on any atom is 0.408 e. The molecule has 13 nitrogen and oxygen atoms in total. The van der Waals surface area contributed by atoms with E-state index in [-0.39, 0.29) is 12.5 Å². The lowest BCUT2D eigenvalue weighted by Gasteiger charge is -2.44. The minimum absolute atomic E-state index is 0.00271. The standard InChI is InChI=1S/C42H71N5O8/c1-25(2)38(14,31(48)44-40(16,27(5)6)33(50)46-42(18,29(9)10)35(52)55-37(11,12)13)43-32(49)39(15,26(3)4)45-34(51)41(17,28(7)8)47-36(53)54-24-30-22-20-19-21-23-30/h19-23,25-29H,24H2,1-18H3,(H,43,49)(H,44,48)(H,45,51)(H,46,50)(H,47,53)/t38-,39-,40-,41-,42-/m0/s1. The van der Waals surface area contributed by atoms with Gasteiger partial charge < -0.3 is 36.1 Å². The summed E-state index contributed by atoms with van der Waals surface area (Å²) in [6, 6.07) is 9.12. The van der Waals surface area contributed by atoms with Crippen LogP contribution < -0.4 is 26.6 Å². The third-order valence-corrected chi connectivity index (χ3v) is 11.6. The predicted octanol–water partition coefficient (Wildman–Crippen LogP) is 5.79. The zero-order valence-corrected chi connectivity index (χ0v) is 36.7. The van der Waals surface area contributed by atoms with Crippen LogP contribution in [0, 0.1) is 29.6 Å². The number of rotatable bonds is 17. The highest BCUT2D eigenvalue weighted by Gasteiger charge is 2.52. The van der Waals surface area contributed by atoms with Crippen molar-refractivity contribution in [2.24, 2.45) is 29.6 Å². The summed E-state index contributed by atoms with van der Waals surface area (Å²) in [6.07, 6.45) is -0.799. The second-order valence-electron chi connectivity index (χ2n) is 18.3. The molecule has 0 heterocycles. The molecule has 0 aromatic heterocycles. The smallest absolute Gasteiger partial charge is 0.408 e. The predicted molar refractivity (Wildman–Crippen MR) is 214 cm³/mol. The molecule has 0 aliphatic heterocycles. The van der Waals surface area contributed by atoms with Gasteiger partial charge in [0.05, 0.1) is 0 Å². The summed E-state index contributed by atoms with van der Waals surface area (Å²) in [5.41, 5.74) is -7.61. The molecule has 5 amide bonds. The maximum atomic E-state index is 14.4. The molecule has 5 atom stereocenters. The molecule has 0 unspecified atom stereocenters. The number of benzene rings is 1. The summed E-state index contributed by atoms with van der Waals surface area (Å²) in [7, 11) is 0. The Morgan fingerprint density at radius 2 is 0.764 bits per heavy atom. The van der Waals surface area contributed by atoms with Crippen molar-refractivity contribution in [3.63, 3.8) is 0 Å². The minimum Gasteiger partial charge on any atom is -0.458 e. The molecular weight excluding hydrogens is 702 g/mol. The van der Waals surface area contributed by atoms with E-state index in [2.05, 4.69) is 26.6 Å².